The smallest absolute Gasteiger partial charge is 0.267 e. The molecular formula is C16H24N2O3. The largest absolute Gasteiger partial charge is 0.376 e. The van der Waals surface area contributed by atoms with Crippen molar-refractivity contribution in [1.82, 2.24) is 5.43 Å². The predicted molar refractivity (Wildman–Crippen MR) is 82.0 cm³/mol. The number of hydrogen-bond acceptors (Lipinski definition) is 4. The molecule has 21 heavy (non-hydrogen) atoms. The first-order chi connectivity index (χ1) is 10.2. The molecule has 5 heteroatoms. The molecule has 1 saturated heterocycles. The molecule has 1 heterocycles. The average molecular weight is 292 g/mol. The Bertz CT molecular complexity index is 432. The standard InChI is InChI=1S/C16H24N2O3/c1-13(21-12-15-10-6-7-11-20-15)16(19)17-18(2)14-8-4-3-5-9-14/h3-5,8-9,13,15H,6-7,10-12H2,1-2H3,(H,17,19). The van der Waals surface area contributed by atoms with Gasteiger partial charge in [-0.25, -0.2) is 0 Å². The summed E-state index contributed by atoms with van der Waals surface area (Å²) in [6, 6.07) is 9.66. The molecule has 1 aromatic rings. The number of nitrogens with zero attached hydrogens (tertiary/aromatic N) is 1. The first-order valence-corrected chi connectivity index (χ1v) is 7.49. The number of para-hydroxylation sites is 1. The summed E-state index contributed by atoms with van der Waals surface area (Å²) in [4.78, 5) is 12.1. The molecule has 1 aliphatic rings. The second kappa shape index (κ2) is 8.00. The topological polar surface area (TPSA) is 50.8 Å². The highest BCUT2D eigenvalue weighted by atomic mass is 16.5. The molecule has 2 rings (SSSR count). The molecule has 2 unspecified atom stereocenters. The van der Waals surface area contributed by atoms with Crippen LogP contribution >= 0.6 is 0 Å². The molecule has 0 radical (unpaired) electrons. The minimum atomic E-state index is -0.498. The number of hydrazine groups is 1. The predicted octanol–water partition coefficient (Wildman–Crippen LogP) is 2.13. The Morgan fingerprint density at radius 1 is 1.43 bits per heavy atom. The summed E-state index contributed by atoms with van der Waals surface area (Å²) < 4.78 is 11.2. The summed E-state index contributed by atoms with van der Waals surface area (Å²) >= 11 is 0. The molecule has 1 aromatic carbocycles. The Hall–Kier alpha value is -1.59. The van der Waals surface area contributed by atoms with Crippen LogP contribution in [0.5, 0.6) is 0 Å². The highest BCUT2D eigenvalue weighted by Gasteiger charge is 2.19. The molecule has 5 nitrogen and oxygen atoms in total. The van der Waals surface area contributed by atoms with E-state index < -0.39 is 6.10 Å². The molecule has 0 bridgehead atoms. The number of anilines is 1. The van der Waals surface area contributed by atoms with Crippen molar-refractivity contribution >= 4 is 11.6 Å². The fourth-order valence-electron chi connectivity index (χ4n) is 2.24. The Kier molecular flexibility index (Phi) is 6.02. The van der Waals surface area contributed by atoms with Crippen LogP contribution in [0.1, 0.15) is 26.2 Å². The number of carbonyl (C=O) groups is 1. The van der Waals surface area contributed by atoms with E-state index in [9.17, 15) is 4.79 Å². The van der Waals surface area contributed by atoms with Crippen LogP contribution in [0.3, 0.4) is 0 Å². The van der Waals surface area contributed by atoms with Gasteiger partial charge in [-0.05, 0) is 38.3 Å². The van der Waals surface area contributed by atoms with Gasteiger partial charge in [0.25, 0.3) is 5.91 Å². The van der Waals surface area contributed by atoms with Gasteiger partial charge in [0.05, 0.1) is 18.4 Å². The third-order valence-electron chi connectivity index (χ3n) is 3.60. The van der Waals surface area contributed by atoms with Gasteiger partial charge in [0, 0.05) is 13.7 Å². The quantitative estimate of drug-likeness (QED) is 0.816. The van der Waals surface area contributed by atoms with E-state index in [-0.39, 0.29) is 12.0 Å². The highest BCUT2D eigenvalue weighted by molar-refractivity contribution is 5.81. The van der Waals surface area contributed by atoms with Gasteiger partial charge >= 0.3 is 0 Å². The zero-order chi connectivity index (χ0) is 15.1. The molecule has 2 atom stereocenters. The molecule has 1 N–H and O–H groups in total. The Balaban J connectivity index is 1.74. The van der Waals surface area contributed by atoms with Gasteiger partial charge < -0.3 is 9.47 Å². The number of amides is 1. The number of ether oxygens (including phenoxy) is 2. The first-order valence-electron chi connectivity index (χ1n) is 7.49. The van der Waals surface area contributed by atoms with Crippen LogP contribution in [0.15, 0.2) is 30.3 Å². The molecular weight excluding hydrogens is 268 g/mol. The summed E-state index contributed by atoms with van der Waals surface area (Å²) in [5.74, 6) is -0.155. The minimum Gasteiger partial charge on any atom is -0.376 e. The lowest BCUT2D eigenvalue weighted by molar-refractivity contribution is -0.135. The van der Waals surface area contributed by atoms with E-state index >= 15 is 0 Å². The van der Waals surface area contributed by atoms with E-state index in [1.54, 1.807) is 11.9 Å². The summed E-state index contributed by atoms with van der Waals surface area (Å²) in [7, 11) is 1.81. The number of benzene rings is 1. The van der Waals surface area contributed by atoms with Gasteiger partial charge in [-0.15, -0.1) is 0 Å². The van der Waals surface area contributed by atoms with Crippen molar-refractivity contribution in [2.75, 3.05) is 25.3 Å². The molecule has 116 valence electrons. The van der Waals surface area contributed by atoms with Gasteiger partial charge in [-0.2, -0.15) is 0 Å². The van der Waals surface area contributed by atoms with Crippen molar-refractivity contribution in [2.45, 2.75) is 38.4 Å². The molecule has 0 saturated carbocycles. The van der Waals surface area contributed by atoms with Crippen LogP contribution in [0.25, 0.3) is 0 Å². The molecule has 0 aromatic heterocycles. The van der Waals surface area contributed by atoms with E-state index in [0.29, 0.717) is 6.61 Å². The van der Waals surface area contributed by atoms with Crippen LogP contribution in [0.2, 0.25) is 0 Å². The van der Waals surface area contributed by atoms with Crippen LogP contribution in [0.4, 0.5) is 5.69 Å². The van der Waals surface area contributed by atoms with Gasteiger partial charge in [0.1, 0.15) is 6.10 Å². The Morgan fingerprint density at radius 2 is 2.19 bits per heavy atom. The maximum atomic E-state index is 12.1. The van der Waals surface area contributed by atoms with Crippen LogP contribution in [0, 0.1) is 0 Å². The summed E-state index contributed by atoms with van der Waals surface area (Å²) in [6.45, 7) is 3.03. The molecule has 1 aliphatic heterocycles. The zero-order valence-corrected chi connectivity index (χ0v) is 12.7. The van der Waals surface area contributed by atoms with Crippen molar-refractivity contribution in [2.24, 2.45) is 0 Å². The van der Waals surface area contributed by atoms with Crippen molar-refractivity contribution in [1.29, 1.82) is 0 Å². The monoisotopic (exact) mass is 292 g/mol. The number of carbonyl (C=O) groups excluding carboxylic acids is 1. The second-order valence-corrected chi connectivity index (χ2v) is 5.33. The molecule has 1 amide bonds. The summed E-state index contributed by atoms with van der Waals surface area (Å²) in [5, 5.41) is 1.69. The van der Waals surface area contributed by atoms with Crippen LogP contribution in [-0.2, 0) is 14.3 Å². The van der Waals surface area contributed by atoms with Gasteiger partial charge in [-0.1, -0.05) is 18.2 Å². The van der Waals surface area contributed by atoms with E-state index in [4.69, 9.17) is 9.47 Å². The van der Waals surface area contributed by atoms with Gasteiger partial charge in [-0.3, -0.25) is 15.2 Å². The van der Waals surface area contributed by atoms with Crippen molar-refractivity contribution < 1.29 is 14.3 Å². The molecule has 0 aliphatic carbocycles. The van der Waals surface area contributed by atoms with Gasteiger partial charge in [0.2, 0.25) is 0 Å². The Labute approximate surface area is 126 Å². The number of rotatable bonds is 6. The van der Waals surface area contributed by atoms with E-state index in [1.165, 1.54) is 6.42 Å². The minimum absolute atomic E-state index is 0.126. The maximum absolute atomic E-state index is 12.1. The first kappa shape index (κ1) is 15.8. The molecule has 1 fully saturated rings. The van der Waals surface area contributed by atoms with E-state index in [2.05, 4.69) is 5.43 Å². The summed E-state index contributed by atoms with van der Waals surface area (Å²) in [6.07, 6.45) is 2.93. The second-order valence-electron chi connectivity index (χ2n) is 5.33. The van der Waals surface area contributed by atoms with E-state index in [0.717, 1.165) is 25.1 Å². The fourth-order valence-corrected chi connectivity index (χ4v) is 2.24. The van der Waals surface area contributed by atoms with E-state index in [1.807, 2.05) is 37.4 Å². The Morgan fingerprint density at radius 3 is 2.86 bits per heavy atom. The van der Waals surface area contributed by atoms with Crippen molar-refractivity contribution in [3.63, 3.8) is 0 Å². The lowest BCUT2D eigenvalue weighted by atomic mass is 10.1. The summed E-state index contributed by atoms with van der Waals surface area (Å²) in [5.41, 5.74) is 3.74. The fraction of sp³-hybridized carbons (Fsp3) is 0.562. The maximum Gasteiger partial charge on any atom is 0.267 e. The zero-order valence-electron chi connectivity index (χ0n) is 12.7. The van der Waals surface area contributed by atoms with Crippen LogP contribution < -0.4 is 10.4 Å². The lowest BCUT2D eigenvalue weighted by Crippen LogP contribution is -2.45. The van der Waals surface area contributed by atoms with Crippen molar-refractivity contribution in [3.05, 3.63) is 30.3 Å². The van der Waals surface area contributed by atoms with Crippen LogP contribution in [-0.4, -0.2) is 38.4 Å². The lowest BCUT2D eigenvalue weighted by Gasteiger charge is -2.25. The van der Waals surface area contributed by atoms with Gasteiger partial charge in [0.15, 0.2) is 0 Å². The molecule has 0 spiro atoms. The van der Waals surface area contributed by atoms with Crippen molar-refractivity contribution in [3.8, 4) is 0 Å². The number of hydrogen-bond donors (Lipinski definition) is 1. The number of nitrogens with one attached hydrogen (secondary N) is 1. The normalized spacial score (nSPS) is 19.8. The SMILES string of the molecule is CC(OCC1CCCCO1)C(=O)NN(C)c1ccccc1. The third kappa shape index (κ3) is 5.02. The highest BCUT2D eigenvalue weighted by Crippen LogP contribution is 2.13. The average Bonchev–Trinajstić information content (AvgIpc) is 2.54. The third-order valence-corrected chi connectivity index (χ3v) is 3.60.